The van der Waals surface area contributed by atoms with Gasteiger partial charge in [-0.25, -0.2) is 9.37 Å². The SMILES string of the molecule is O=C(NCC(F)c1ccc(Cl)cc1Cl)c1cc(Cl)ncc1Oc1ccccc1. The van der Waals surface area contributed by atoms with Crippen LogP contribution in [0.15, 0.2) is 60.8 Å². The molecular weight excluding hydrogens is 426 g/mol. The number of carbonyl (C=O) groups is 1. The third kappa shape index (κ3) is 5.13. The van der Waals surface area contributed by atoms with Crippen LogP contribution in [0, 0.1) is 0 Å². The number of hydrogen-bond donors (Lipinski definition) is 1. The van der Waals surface area contributed by atoms with Gasteiger partial charge in [0.05, 0.1) is 18.3 Å². The minimum absolute atomic E-state index is 0.114. The number of alkyl halides is 1. The zero-order chi connectivity index (χ0) is 20.1. The van der Waals surface area contributed by atoms with Crippen LogP contribution in [0.25, 0.3) is 0 Å². The molecule has 0 saturated carbocycles. The maximum absolute atomic E-state index is 14.5. The van der Waals surface area contributed by atoms with Gasteiger partial charge in [-0.15, -0.1) is 0 Å². The molecular formula is C20H14Cl3FN2O2. The van der Waals surface area contributed by atoms with Crippen LogP contribution in [0.4, 0.5) is 4.39 Å². The van der Waals surface area contributed by atoms with Gasteiger partial charge in [0.15, 0.2) is 5.75 Å². The van der Waals surface area contributed by atoms with Crippen molar-refractivity contribution < 1.29 is 13.9 Å². The highest BCUT2D eigenvalue weighted by molar-refractivity contribution is 6.35. The molecule has 0 aliphatic rings. The van der Waals surface area contributed by atoms with Crippen LogP contribution in [0.5, 0.6) is 11.5 Å². The Kier molecular flexibility index (Phi) is 6.73. The molecule has 1 N–H and O–H groups in total. The third-order valence-corrected chi connectivity index (χ3v) is 4.56. The fourth-order valence-corrected chi connectivity index (χ4v) is 3.12. The van der Waals surface area contributed by atoms with Gasteiger partial charge in [-0.3, -0.25) is 4.79 Å². The number of nitrogens with zero attached hydrogens (tertiary/aromatic N) is 1. The number of aromatic nitrogens is 1. The van der Waals surface area contributed by atoms with Crippen LogP contribution < -0.4 is 10.1 Å². The van der Waals surface area contributed by atoms with Crippen LogP contribution in [0.1, 0.15) is 22.1 Å². The van der Waals surface area contributed by atoms with E-state index in [1.807, 2.05) is 6.07 Å². The Balaban J connectivity index is 1.74. The molecule has 4 nitrogen and oxygen atoms in total. The molecule has 0 radical (unpaired) electrons. The molecule has 28 heavy (non-hydrogen) atoms. The van der Waals surface area contributed by atoms with E-state index in [1.54, 1.807) is 24.3 Å². The monoisotopic (exact) mass is 438 g/mol. The third-order valence-electron chi connectivity index (χ3n) is 3.79. The number of amides is 1. The van der Waals surface area contributed by atoms with Gasteiger partial charge >= 0.3 is 0 Å². The van der Waals surface area contributed by atoms with Crippen molar-refractivity contribution >= 4 is 40.7 Å². The molecule has 0 saturated heterocycles. The Morgan fingerprint density at radius 1 is 1.11 bits per heavy atom. The average Bonchev–Trinajstić information content (AvgIpc) is 2.68. The van der Waals surface area contributed by atoms with Crippen molar-refractivity contribution in [2.24, 2.45) is 0 Å². The Labute approximate surface area is 176 Å². The van der Waals surface area contributed by atoms with Crippen molar-refractivity contribution in [1.82, 2.24) is 10.3 Å². The first-order chi connectivity index (χ1) is 13.4. The summed E-state index contributed by atoms with van der Waals surface area (Å²) in [5, 5.41) is 3.23. The van der Waals surface area contributed by atoms with E-state index in [4.69, 9.17) is 39.5 Å². The van der Waals surface area contributed by atoms with Crippen molar-refractivity contribution in [2.45, 2.75) is 6.17 Å². The zero-order valence-corrected chi connectivity index (χ0v) is 16.6. The zero-order valence-electron chi connectivity index (χ0n) is 14.3. The van der Waals surface area contributed by atoms with Crippen LogP contribution in [-0.2, 0) is 0 Å². The van der Waals surface area contributed by atoms with Gasteiger partial charge in [0.1, 0.15) is 17.1 Å². The molecule has 3 rings (SSSR count). The van der Waals surface area contributed by atoms with Crippen LogP contribution in [0.2, 0.25) is 15.2 Å². The topological polar surface area (TPSA) is 51.2 Å². The summed E-state index contributed by atoms with van der Waals surface area (Å²) in [6, 6.07) is 14.7. The molecule has 0 bridgehead atoms. The Morgan fingerprint density at radius 2 is 1.86 bits per heavy atom. The second kappa shape index (κ2) is 9.24. The molecule has 0 spiro atoms. The molecule has 0 aliphatic carbocycles. The largest absolute Gasteiger partial charge is 0.455 e. The van der Waals surface area contributed by atoms with Crippen LogP contribution in [0.3, 0.4) is 0 Å². The number of carbonyl (C=O) groups excluding carboxylic acids is 1. The summed E-state index contributed by atoms with van der Waals surface area (Å²) in [4.78, 5) is 16.5. The lowest BCUT2D eigenvalue weighted by atomic mass is 10.1. The van der Waals surface area contributed by atoms with Crippen molar-refractivity contribution in [2.75, 3.05) is 6.54 Å². The highest BCUT2D eigenvalue weighted by Gasteiger charge is 2.19. The number of ether oxygens (including phenoxy) is 1. The molecule has 1 heterocycles. The number of pyridine rings is 1. The molecule has 1 unspecified atom stereocenters. The second-order valence-electron chi connectivity index (χ2n) is 5.76. The Morgan fingerprint density at radius 3 is 2.57 bits per heavy atom. The molecule has 0 aliphatic heterocycles. The molecule has 1 atom stereocenters. The molecule has 144 valence electrons. The van der Waals surface area contributed by atoms with E-state index < -0.39 is 12.1 Å². The van der Waals surface area contributed by atoms with Crippen LogP contribution >= 0.6 is 34.8 Å². The van der Waals surface area contributed by atoms with E-state index in [9.17, 15) is 9.18 Å². The molecule has 8 heteroatoms. The Bertz CT molecular complexity index is 986. The van der Waals surface area contributed by atoms with E-state index >= 15 is 0 Å². The second-order valence-corrected chi connectivity index (χ2v) is 6.99. The quantitative estimate of drug-likeness (QED) is 0.460. The molecule has 1 amide bonds. The van der Waals surface area contributed by atoms with E-state index in [2.05, 4.69) is 10.3 Å². The smallest absolute Gasteiger partial charge is 0.255 e. The lowest BCUT2D eigenvalue weighted by molar-refractivity contribution is 0.0939. The van der Waals surface area contributed by atoms with Gasteiger partial charge < -0.3 is 10.1 Å². The summed E-state index contributed by atoms with van der Waals surface area (Å²) in [7, 11) is 0. The van der Waals surface area contributed by atoms with Crippen molar-refractivity contribution in [1.29, 1.82) is 0 Å². The minimum atomic E-state index is -1.51. The van der Waals surface area contributed by atoms with Gasteiger partial charge in [-0.1, -0.05) is 59.1 Å². The van der Waals surface area contributed by atoms with Crippen LogP contribution in [-0.4, -0.2) is 17.4 Å². The van der Waals surface area contributed by atoms with Gasteiger partial charge in [0.2, 0.25) is 0 Å². The van der Waals surface area contributed by atoms with Gasteiger partial charge in [0, 0.05) is 15.6 Å². The van der Waals surface area contributed by atoms with Crippen molar-refractivity contribution in [3.05, 3.63) is 87.1 Å². The standard InChI is InChI=1S/C20H14Cl3FN2O2/c21-12-6-7-14(16(22)8-12)17(24)10-26-20(27)15-9-19(23)25-11-18(15)28-13-4-2-1-3-5-13/h1-9,11,17H,10H2,(H,26,27). The fourth-order valence-electron chi connectivity index (χ4n) is 2.43. The summed E-state index contributed by atoms with van der Waals surface area (Å²) in [5.74, 6) is 0.174. The molecule has 0 fully saturated rings. The number of halogens is 4. The van der Waals surface area contributed by atoms with E-state index in [0.29, 0.717) is 10.8 Å². The Hall–Kier alpha value is -2.34. The molecule has 2 aromatic carbocycles. The first-order valence-corrected chi connectivity index (χ1v) is 9.33. The summed E-state index contributed by atoms with van der Waals surface area (Å²) in [6.07, 6.45) is -0.169. The highest BCUT2D eigenvalue weighted by Crippen LogP contribution is 2.29. The lowest BCUT2D eigenvalue weighted by Crippen LogP contribution is -2.27. The maximum Gasteiger partial charge on any atom is 0.255 e. The van der Waals surface area contributed by atoms with Gasteiger partial charge in [0.25, 0.3) is 5.91 Å². The average molecular weight is 440 g/mol. The molecule has 1 aromatic heterocycles. The number of benzene rings is 2. The maximum atomic E-state index is 14.5. The lowest BCUT2D eigenvalue weighted by Gasteiger charge is -2.14. The normalized spacial score (nSPS) is 11.7. The predicted molar refractivity (Wildman–Crippen MR) is 108 cm³/mol. The summed E-state index contributed by atoms with van der Waals surface area (Å²) >= 11 is 17.7. The number of rotatable bonds is 6. The van der Waals surface area contributed by atoms with Crippen molar-refractivity contribution in [3.63, 3.8) is 0 Å². The molecule has 3 aromatic rings. The number of nitrogens with one attached hydrogen (secondary N) is 1. The summed E-state index contributed by atoms with van der Waals surface area (Å²) in [6.45, 7) is -0.287. The minimum Gasteiger partial charge on any atom is -0.455 e. The van der Waals surface area contributed by atoms with Crippen molar-refractivity contribution in [3.8, 4) is 11.5 Å². The summed E-state index contributed by atoms with van der Waals surface area (Å²) < 4.78 is 20.2. The van der Waals surface area contributed by atoms with E-state index in [-0.39, 0.29) is 33.6 Å². The van der Waals surface area contributed by atoms with E-state index in [1.165, 1.54) is 30.5 Å². The number of hydrogen-bond acceptors (Lipinski definition) is 3. The van der Waals surface area contributed by atoms with Gasteiger partial charge in [-0.05, 0) is 30.3 Å². The highest BCUT2D eigenvalue weighted by atomic mass is 35.5. The van der Waals surface area contributed by atoms with Gasteiger partial charge in [-0.2, -0.15) is 0 Å². The van der Waals surface area contributed by atoms with E-state index in [0.717, 1.165) is 0 Å². The first kappa shape index (κ1) is 20.4. The summed E-state index contributed by atoms with van der Waals surface area (Å²) in [5.41, 5.74) is 0.373. The first-order valence-electron chi connectivity index (χ1n) is 8.19. The fraction of sp³-hybridized carbons (Fsp3) is 0.100. The predicted octanol–water partition coefficient (Wildman–Crippen LogP) is 6.27. The number of para-hydroxylation sites is 1.